The molecule has 0 bridgehead atoms. The van der Waals surface area contributed by atoms with Crippen molar-refractivity contribution in [2.24, 2.45) is 17.8 Å². The molecule has 2 fully saturated rings. The molecule has 1 aliphatic heterocycles. The minimum absolute atomic E-state index is 0.0394. The number of imide groups is 1. The Kier molecular flexibility index (Phi) is 10.7. The maximum absolute atomic E-state index is 14.3. The van der Waals surface area contributed by atoms with Crippen LogP contribution in [0.3, 0.4) is 0 Å². The first-order chi connectivity index (χ1) is 19.4. The van der Waals surface area contributed by atoms with Gasteiger partial charge in [-0.05, 0) is 54.6 Å². The lowest BCUT2D eigenvalue weighted by atomic mass is 9.62. The van der Waals surface area contributed by atoms with Crippen LogP contribution in [-0.2, 0) is 23.4 Å². The third-order valence-corrected chi connectivity index (χ3v) is 13.6. The summed E-state index contributed by atoms with van der Waals surface area (Å²) in [5.74, 6) is 0.309. The minimum Gasteiger partial charge on any atom is -0.467 e. The molecule has 222 valence electrons. The molecule has 1 aromatic carbocycles. The first-order valence-corrected chi connectivity index (χ1v) is 17.2. The Morgan fingerprint density at radius 1 is 0.975 bits per heavy atom. The molecule has 9 nitrogen and oxygen atoms in total. The molecule has 2 amide bonds. The van der Waals surface area contributed by atoms with Gasteiger partial charge in [0.1, 0.15) is 18.1 Å². The predicted molar refractivity (Wildman–Crippen MR) is 153 cm³/mol. The van der Waals surface area contributed by atoms with E-state index in [4.69, 9.17) is 28.1 Å². The summed E-state index contributed by atoms with van der Waals surface area (Å²) >= 11 is 0. The Hall–Kier alpha value is -2.40. The first-order valence-electron chi connectivity index (χ1n) is 14.6. The standard InChI is InChI=1S/C30H45NO8Si/c1-6-40(7-2,8-3)39-26-11-9-10-21-12-13-25(28(27(21)26)29(32)31-14-15-36-30(31)33)22-16-23(37-19-34-4)18-24(17-22)38-20-35-5/h12-13,16-18,21,25-28H,6-11,14-15,19-20H2,1-5H3/t21-,25-,26+,27-,28+/m1/s1. The van der Waals surface area contributed by atoms with E-state index in [2.05, 4.69) is 32.9 Å². The molecule has 3 aliphatic rings. The lowest BCUT2D eigenvalue weighted by molar-refractivity contribution is -0.138. The summed E-state index contributed by atoms with van der Waals surface area (Å²) < 4.78 is 34.2. The zero-order valence-electron chi connectivity index (χ0n) is 24.6. The van der Waals surface area contributed by atoms with Gasteiger partial charge in [0.15, 0.2) is 21.9 Å². The van der Waals surface area contributed by atoms with Gasteiger partial charge in [-0.2, -0.15) is 0 Å². The summed E-state index contributed by atoms with van der Waals surface area (Å²) in [6, 6.07) is 8.77. The second-order valence-electron chi connectivity index (χ2n) is 11.0. The number of carbonyl (C=O) groups is 2. The number of nitrogens with zero attached hydrogens (tertiary/aromatic N) is 1. The van der Waals surface area contributed by atoms with Crippen LogP contribution in [0.5, 0.6) is 11.5 Å². The highest BCUT2D eigenvalue weighted by molar-refractivity contribution is 6.73. The van der Waals surface area contributed by atoms with Crippen LogP contribution in [0, 0.1) is 17.8 Å². The highest BCUT2D eigenvalue weighted by atomic mass is 28.4. The molecule has 0 radical (unpaired) electrons. The van der Waals surface area contributed by atoms with Gasteiger partial charge in [-0.1, -0.05) is 39.3 Å². The van der Waals surface area contributed by atoms with Crippen molar-refractivity contribution in [2.45, 2.75) is 70.2 Å². The Labute approximate surface area is 239 Å². The molecule has 5 atom stereocenters. The number of hydrogen-bond acceptors (Lipinski definition) is 8. The molecule has 1 heterocycles. The molecule has 0 spiro atoms. The molecular weight excluding hydrogens is 530 g/mol. The maximum Gasteiger partial charge on any atom is 0.416 e. The second kappa shape index (κ2) is 14.0. The fraction of sp³-hybridized carbons (Fsp3) is 0.667. The number of ether oxygens (including phenoxy) is 5. The Bertz CT molecular complexity index is 1010. The van der Waals surface area contributed by atoms with Crippen LogP contribution in [0.4, 0.5) is 4.79 Å². The van der Waals surface area contributed by atoms with Gasteiger partial charge in [-0.25, -0.2) is 9.69 Å². The highest BCUT2D eigenvalue weighted by Gasteiger charge is 2.51. The summed E-state index contributed by atoms with van der Waals surface area (Å²) in [7, 11) is 1.18. The topological polar surface area (TPSA) is 92.8 Å². The van der Waals surface area contributed by atoms with Gasteiger partial charge in [-0.3, -0.25) is 4.79 Å². The normalized spacial score (nSPS) is 26.4. The van der Waals surface area contributed by atoms with Crippen molar-refractivity contribution in [1.82, 2.24) is 4.90 Å². The Balaban J connectivity index is 1.79. The summed E-state index contributed by atoms with van der Waals surface area (Å²) in [5.41, 5.74) is 0.870. The van der Waals surface area contributed by atoms with Crippen molar-refractivity contribution in [3.8, 4) is 11.5 Å². The Morgan fingerprint density at radius 2 is 1.62 bits per heavy atom. The molecule has 1 aromatic rings. The summed E-state index contributed by atoms with van der Waals surface area (Å²) in [4.78, 5) is 28.2. The minimum atomic E-state index is -1.95. The number of cyclic esters (lactones) is 1. The van der Waals surface area contributed by atoms with Gasteiger partial charge in [0.25, 0.3) is 0 Å². The van der Waals surface area contributed by atoms with Crippen LogP contribution in [0.25, 0.3) is 0 Å². The molecule has 1 saturated carbocycles. The summed E-state index contributed by atoms with van der Waals surface area (Å²) in [5, 5.41) is 0. The van der Waals surface area contributed by atoms with E-state index in [1.165, 1.54) is 4.90 Å². The number of benzene rings is 1. The van der Waals surface area contributed by atoms with E-state index in [-0.39, 0.29) is 56.5 Å². The van der Waals surface area contributed by atoms with Crippen LogP contribution in [0.2, 0.25) is 18.1 Å². The van der Waals surface area contributed by atoms with Gasteiger partial charge in [0.05, 0.1) is 12.5 Å². The van der Waals surface area contributed by atoms with E-state index in [1.807, 2.05) is 12.1 Å². The second-order valence-corrected chi connectivity index (χ2v) is 15.7. The predicted octanol–water partition coefficient (Wildman–Crippen LogP) is 5.71. The lowest BCUT2D eigenvalue weighted by Gasteiger charge is -2.48. The monoisotopic (exact) mass is 575 g/mol. The van der Waals surface area contributed by atoms with Gasteiger partial charge in [0, 0.05) is 38.2 Å². The molecule has 2 aliphatic carbocycles. The average molecular weight is 576 g/mol. The van der Waals surface area contributed by atoms with Gasteiger partial charge in [-0.15, -0.1) is 0 Å². The van der Waals surface area contributed by atoms with Gasteiger partial charge >= 0.3 is 6.09 Å². The van der Waals surface area contributed by atoms with Crippen molar-refractivity contribution >= 4 is 20.3 Å². The van der Waals surface area contributed by atoms with E-state index in [9.17, 15) is 9.59 Å². The van der Waals surface area contributed by atoms with Crippen molar-refractivity contribution in [2.75, 3.05) is 41.0 Å². The molecule has 0 unspecified atom stereocenters. The molecule has 0 N–H and O–H groups in total. The molecular formula is C30H45NO8Si. The van der Waals surface area contributed by atoms with Crippen molar-refractivity contribution < 1.29 is 37.7 Å². The number of amides is 2. The first kappa shape index (κ1) is 30.6. The molecule has 10 heteroatoms. The zero-order valence-corrected chi connectivity index (χ0v) is 25.6. The lowest BCUT2D eigenvalue weighted by Crippen LogP contribution is -2.53. The average Bonchev–Trinajstić information content (AvgIpc) is 3.42. The third-order valence-electron chi connectivity index (χ3n) is 8.94. The van der Waals surface area contributed by atoms with Crippen LogP contribution < -0.4 is 9.47 Å². The van der Waals surface area contributed by atoms with Crippen LogP contribution >= 0.6 is 0 Å². The summed E-state index contributed by atoms with van der Waals surface area (Å²) in [6.07, 6.45) is 6.77. The number of methoxy groups -OCH3 is 2. The van der Waals surface area contributed by atoms with Crippen molar-refractivity contribution in [1.29, 1.82) is 0 Å². The molecule has 40 heavy (non-hydrogen) atoms. The van der Waals surface area contributed by atoms with Crippen LogP contribution in [0.15, 0.2) is 30.4 Å². The number of carbonyl (C=O) groups excluding carboxylic acids is 2. The van der Waals surface area contributed by atoms with Crippen molar-refractivity contribution in [3.05, 3.63) is 35.9 Å². The molecule has 0 aromatic heterocycles. The van der Waals surface area contributed by atoms with E-state index >= 15 is 0 Å². The van der Waals surface area contributed by atoms with E-state index in [0.717, 1.165) is 43.0 Å². The molecule has 1 saturated heterocycles. The SMILES string of the molecule is CC[Si](CC)(CC)O[C@H]1CCC[C@@H]2C=C[C@H](c3cc(OCOC)cc(OCOC)c3)[C@H](C(=O)N3CCOC3=O)[C@@H]12. The van der Waals surface area contributed by atoms with Gasteiger partial charge < -0.3 is 28.1 Å². The van der Waals surface area contributed by atoms with Crippen LogP contribution in [-0.4, -0.2) is 72.3 Å². The van der Waals surface area contributed by atoms with E-state index in [0.29, 0.717) is 11.5 Å². The fourth-order valence-corrected chi connectivity index (χ4v) is 9.55. The molecule has 4 rings (SSSR count). The number of hydrogen-bond donors (Lipinski definition) is 0. The third kappa shape index (κ3) is 6.56. The fourth-order valence-electron chi connectivity index (χ4n) is 6.63. The van der Waals surface area contributed by atoms with E-state index < -0.39 is 20.3 Å². The van der Waals surface area contributed by atoms with E-state index in [1.54, 1.807) is 20.3 Å². The smallest absolute Gasteiger partial charge is 0.416 e. The zero-order chi connectivity index (χ0) is 28.7. The highest BCUT2D eigenvalue weighted by Crippen LogP contribution is 2.50. The summed E-state index contributed by atoms with van der Waals surface area (Å²) in [6.45, 7) is 7.35. The van der Waals surface area contributed by atoms with Crippen molar-refractivity contribution in [3.63, 3.8) is 0 Å². The Morgan fingerprint density at radius 3 is 2.17 bits per heavy atom. The number of rotatable bonds is 13. The largest absolute Gasteiger partial charge is 0.467 e. The quantitative estimate of drug-likeness (QED) is 0.168. The number of fused-ring (bicyclic) bond motifs is 1. The number of allylic oxidation sites excluding steroid dienone is 2. The maximum atomic E-state index is 14.3. The van der Waals surface area contributed by atoms with Crippen LogP contribution in [0.1, 0.15) is 51.5 Å². The van der Waals surface area contributed by atoms with Gasteiger partial charge in [0.2, 0.25) is 5.91 Å².